The Morgan fingerprint density at radius 1 is 0.952 bits per heavy atom. The predicted octanol–water partition coefficient (Wildman–Crippen LogP) is 5.30. The molecule has 2 fully saturated rings. The highest BCUT2D eigenvalue weighted by atomic mass is 15.3. The summed E-state index contributed by atoms with van der Waals surface area (Å²) in [6.45, 7) is 11.2. The molecule has 2 unspecified atom stereocenters. The third-order valence-corrected chi connectivity index (χ3v) is 4.97. The lowest BCUT2D eigenvalue weighted by molar-refractivity contribution is 0.0223. The van der Waals surface area contributed by atoms with Gasteiger partial charge < -0.3 is 0 Å². The first-order chi connectivity index (χ1) is 10.0. The van der Waals surface area contributed by atoms with Gasteiger partial charge in [-0.25, -0.2) is 0 Å². The van der Waals surface area contributed by atoms with Crippen molar-refractivity contribution >= 4 is 0 Å². The summed E-state index contributed by atoms with van der Waals surface area (Å²) in [4.78, 5) is 2.81. The average Bonchev–Trinajstić information content (AvgIpc) is 2.75. The molecule has 3 rings (SSSR count). The maximum atomic E-state index is 2.81. The minimum Gasteiger partial charge on any atom is -0.293 e. The molecule has 2 heterocycles. The molecule has 2 bridgehead atoms. The molecule has 1 aromatic carbocycles. The number of rotatable bonds is 2. The standard InChI is InChI=1S/C18H27N.C2H6/c1-18(2,3)19-16-9-10-17(19)13-15(12-16)11-14-7-5-4-6-8-14;1-2/h4-8,15-17H,9-13H2,1-3H3;1-2H3. The summed E-state index contributed by atoms with van der Waals surface area (Å²) in [6.07, 6.45) is 6.94. The molecule has 2 aliphatic heterocycles. The summed E-state index contributed by atoms with van der Waals surface area (Å²) in [5.41, 5.74) is 1.87. The first kappa shape index (κ1) is 16.5. The second-order valence-corrected chi connectivity index (χ2v) is 7.49. The highest BCUT2D eigenvalue weighted by Gasteiger charge is 2.44. The fourth-order valence-corrected chi connectivity index (χ4v) is 4.50. The monoisotopic (exact) mass is 287 g/mol. The van der Waals surface area contributed by atoms with Crippen LogP contribution < -0.4 is 0 Å². The zero-order valence-corrected chi connectivity index (χ0v) is 14.6. The molecule has 2 aliphatic rings. The molecule has 0 aromatic heterocycles. The number of fused-ring (bicyclic) bond motifs is 2. The van der Waals surface area contributed by atoms with Gasteiger partial charge in [0.05, 0.1) is 0 Å². The van der Waals surface area contributed by atoms with E-state index in [0.29, 0.717) is 5.54 Å². The summed E-state index contributed by atoms with van der Waals surface area (Å²) in [6, 6.07) is 12.7. The van der Waals surface area contributed by atoms with Crippen LogP contribution in [0, 0.1) is 5.92 Å². The molecule has 1 nitrogen and oxygen atoms in total. The van der Waals surface area contributed by atoms with E-state index < -0.39 is 0 Å². The Kier molecular flexibility index (Phi) is 5.48. The van der Waals surface area contributed by atoms with E-state index in [4.69, 9.17) is 0 Å². The molecule has 21 heavy (non-hydrogen) atoms. The van der Waals surface area contributed by atoms with Gasteiger partial charge in [-0.1, -0.05) is 44.2 Å². The maximum Gasteiger partial charge on any atom is 0.0130 e. The molecule has 2 atom stereocenters. The van der Waals surface area contributed by atoms with E-state index in [1.807, 2.05) is 13.8 Å². The second-order valence-electron chi connectivity index (χ2n) is 7.49. The minimum absolute atomic E-state index is 0.351. The van der Waals surface area contributed by atoms with E-state index in [9.17, 15) is 0 Å². The lowest BCUT2D eigenvalue weighted by Crippen LogP contribution is -2.53. The van der Waals surface area contributed by atoms with Crippen LogP contribution in [0.25, 0.3) is 0 Å². The molecule has 0 N–H and O–H groups in total. The summed E-state index contributed by atoms with van der Waals surface area (Å²) >= 11 is 0. The van der Waals surface area contributed by atoms with E-state index in [0.717, 1.165) is 18.0 Å². The topological polar surface area (TPSA) is 3.24 Å². The van der Waals surface area contributed by atoms with Crippen LogP contribution >= 0.6 is 0 Å². The molecule has 2 saturated heterocycles. The van der Waals surface area contributed by atoms with Gasteiger partial charge in [0.2, 0.25) is 0 Å². The Balaban J connectivity index is 0.000000774. The first-order valence-corrected chi connectivity index (χ1v) is 8.86. The Morgan fingerprint density at radius 3 is 1.95 bits per heavy atom. The van der Waals surface area contributed by atoms with Gasteiger partial charge in [0.1, 0.15) is 0 Å². The SMILES string of the molecule is CC.CC(C)(C)N1C2CCC1CC(Cc1ccccc1)C2. The Labute approximate surface area is 131 Å². The van der Waals surface area contributed by atoms with E-state index in [1.165, 1.54) is 37.7 Å². The third-order valence-electron chi connectivity index (χ3n) is 4.97. The number of nitrogens with zero attached hydrogens (tertiary/aromatic N) is 1. The Hall–Kier alpha value is -0.820. The largest absolute Gasteiger partial charge is 0.293 e. The van der Waals surface area contributed by atoms with Crippen molar-refractivity contribution in [1.29, 1.82) is 0 Å². The molecule has 0 amide bonds. The molecule has 1 aromatic rings. The van der Waals surface area contributed by atoms with Crippen LogP contribution in [0.4, 0.5) is 0 Å². The summed E-state index contributed by atoms with van der Waals surface area (Å²) < 4.78 is 0. The van der Waals surface area contributed by atoms with Gasteiger partial charge in [0.15, 0.2) is 0 Å². The van der Waals surface area contributed by atoms with Crippen molar-refractivity contribution in [3.8, 4) is 0 Å². The van der Waals surface area contributed by atoms with Crippen LogP contribution in [0.2, 0.25) is 0 Å². The molecule has 0 aliphatic carbocycles. The molecule has 118 valence electrons. The Morgan fingerprint density at radius 2 is 1.48 bits per heavy atom. The van der Waals surface area contributed by atoms with Crippen molar-refractivity contribution in [3.05, 3.63) is 35.9 Å². The van der Waals surface area contributed by atoms with Crippen molar-refractivity contribution in [2.24, 2.45) is 5.92 Å². The Bertz CT molecular complexity index is 403. The fourth-order valence-electron chi connectivity index (χ4n) is 4.50. The lowest BCUT2D eigenvalue weighted by atomic mass is 9.83. The van der Waals surface area contributed by atoms with Gasteiger partial charge in [-0.2, -0.15) is 0 Å². The second kappa shape index (κ2) is 6.96. The zero-order valence-electron chi connectivity index (χ0n) is 14.6. The molecule has 0 radical (unpaired) electrons. The predicted molar refractivity (Wildman–Crippen MR) is 92.6 cm³/mol. The van der Waals surface area contributed by atoms with Gasteiger partial charge in [-0.3, -0.25) is 4.90 Å². The average molecular weight is 287 g/mol. The van der Waals surface area contributed by atoms with Crippen LogP contribution in [0.3, 0.4) is 0 Å². The molecule has 0 saturated carbocycles. The van der Waals surface area contributed by atoms with Gasteiger partial charge in [0, 0.05) is 17.6 Å². The number of piperidine rings is 1. The van der Waals surface area contributed by atoms with Gasteiger partial charge in [0.25, 0.3) is 0 Å². The van der Waals surface area contributed by atoms with Gasteiger partial charge >= 0.3 is 0 Å². The number of hydrogen-bond donors (Lipinski definition) is 0. The van der Waals surface area contributed by atoms with Crippen LogP contribution in [-0.4, -0.2) is 22.5 Å². The van der Waals surface area contributed by atoms with Gasteiger partial charge in [-0.05, 0) is 64.4 Å². The van der Waals surface area contributed by atoms with Crippen LogP contribution in [0.15, 0.2) is 30.3 Å². The first-order valence-electron chi connectivity index (χ1n) is 8.86. The van der Waals surface area contributed by atoms with E-state index in [2.05, 4.69) is 56.0 Å². The minimum atomic E-state index is 0.351. The van der Waals surface area contributed by atoms with Gasteiger partial charge in [-0.15, -0.1) is 0 Å². The normalized spacial score (nSPS) is 28.9. The quantitative estimate of drug-likeness (QED) is 0.713. The lowest BCUT2D eigenvalue weighted by Gasteiger charge is -2.47. The summed E-state index contributed by atoms with van der Waals surface area (Å²) in [5, 5.41) is 0. The van der Waals surface area contributed by atoms with Crippen LogP contribution in [-0.2, 0) is 6.42 Å². The maximum absolute atomic E-state index is 2.81. The number of benzene rings is 1. The van der Waals surface area contributed by atoms with Crippen LogP contribution in [0.5, 0.6) is 0 Å². The van der Waals surface area contributed by atoms with E-state index in [-0.39, 0.29) is 0 Å². The van der Waals surface area contributed by atoms with Crippen LogP contribution in [0.1, 0.15) is 65.9 Å². The third kappa shape index (κ3) is 3.88. The summed E-state index contributed by atoms with van der Waals surface area (Å²) in [7, 11) is 0. The number of hydrogen-bond acceptors (Lipinski definition) is 1. The molecular weight excluding hydrogens is 254 g/mol. The highest BCUT2D eigenvalue weighted by Crippen LogP contribution is 2.43. The van der Waals surface area contributed by atoms with Crippen molar-refractivity contribution < 1.29 is 0 Å². The van der Waals surface area contributed by atoms with E-state index >= 15 is 0 Å². The zero-order chi connectivity index (χ0) is 15.5. The van der Waals surface area contributed by atoms with Crippen molar-refractivity contribution in [2.75, 3.05) is 0 Å². The molecule has 1 heteroatoms. The molecular formula is C20H33N. The molecule has 0 spiro atoms. The highest BCUT2D eigenvalue weighted by molar-refractivity contribution is 5.16. The van der Waals surface area contributed by atoms with Crippen molar-refractivity contribution in [3.63, 3.8) is 0 Å². The van der Waals surface area contributed by atoms with Crippen molar-refractivity contribution in [1.82, 2.24) is 4.90 Å². The van der Waals surface area contributed by atoms with Crippen molar-refractivity contribution in [2.45, 2.75) is 84.3 Å². The summed E-state index contributed by atoms with van der Waals surface area (Å²) in [5.74, 6) is 0.901. The van der Waals surface area contributed by atoms with E-state index in [1.54, 1.807) is 0 Å². The fraction of sp³-hybridized carbons (Fsp3) is 0.700. The smallest absolute Gasteiger partial charge is 0.0130 e.